The van der Waals surface area contributed by atoms with Crippen LogP contribution >= 0.6 is 0 Å². The van der Waals surface area contributed by atoms with E-state index in [9.17, 15) is 14.4 Å². The summed E-state index contributed by atoms with van der Waals surface area (Å²) in [6.45, 7) is 12.7. The van der Waals surface area contributed by atoms with E-state index in [0.29, 0.717) is 18.9 Å². The van der Waals surface area contributed by atoms with Crippen molar-refractivity contribution in [2.45, 2.75) is 40.0 Å². The lowest BCUT2D eigenvalue weighted by Crippen LogP contribution is -2.47. The minimum Gasteiger partial charge on any atom is -0.370 e. The van der Waals surface area contributed by atoms with E-state index in [1.165, 1.54) is 5.69 Å². The van der Waals surface area contributed by atoms with Crippen LogP contribution in [0.1, 0.15) is 49.5 Å². The number of aryl methyl sites for hydroxylation is 1. The summed E-state index contributed by atoms with van der Waals surface area (Å²) in [6.07, 6.45) is 2.42. The number of ketones is 1. The van der Waals surface area contributed by atoms with Gasteiger partial charge in [0.15, 0.2) is 5.78 Å². The van der Waals surface area contributed by atoms with Gasteiger partial charge in [0.2, 0.25) is 11.8 Å². The van der Waals surface area contributed by atoms with Gasteiger partial charge in [-0.25, -0.2) is 0 Å². The number of piperazine rings is 1. The number of rotatable bonds is 11. The Morgan fingerprint density at radius 1 is 1.09 bits per heavy atom. The number of hydrogen-bond acceptors (Lipinski definition) is 6. The number of nitrogens with zero attached hydrogens (tertiary/aromatic N) is 3. The quantitative estimate of drug-likeness (QED) is 0.392. The highest BCUT2D eigenvalue weighted by molar-refractivity contribution is 5.97. The summed E-state index contributed by atoms with van der Waals surface area (Å²) in [4.78, 5) is 42.7. The average Bonchev–Trinajstić information content (AvgIpc) is 3.31. The molecule has 2 fully saturated rings. The van der Waals surface area contributed by atoms with Crippen LogP contribution in [0.15, 0.2) is 18.2 Å². The Hall–Kier alpha value is -2.45. The van der Waals surface area contributed by atoms with Crippen LogP contribution in [0.25, 0.3) is 0 Å². The zero-order chi connectivity index (χ0) is 24.5. The fraction of sp³-hybridized carbons (Fsp3) is 0.654. The SMILES string of the molecule is CCC(=O)c1ccc(N2CCN(CCOCC(=O)NCC(=O)N3CCC(C)C3)CC2)cc1CC. The second-order valence-electron chi connectivity index (χ2n) is 9.36. The largest absolute Gasteiger partial charge is 0.370 e. The zero-order valence-electron chi connectivity index (χ0n) is 21.0. The standard InChI is InChI=1S/C26H40N4O4/c1-4-21-16-22(6-7-23(21)24(31)5-2)29-12-10-28(11-13-29)14-15-34-19-25(32)27-17-26(33)30-9-8-20(3)18-30/h6-7,16,20H,4-5,8-15,17-19H2,1-3H3,(H,27,32). The molecule has 0 saturated carbocycles. The lowest BCUT2D eigenvalue weighted by molar-refractivity contribution is -0.133. The molecule has 0 aliphatic carbocycles. The molecular formula is C26H40N4O4. The Morgan fingerprint density at radius 3 is 2.50 bits per heavy atom. The second-order valence-corrected chi connectivity index (χ2v) is 9.36. The van der Waals surface area contributed by atoms with Crippen molar-refractivity contribution in [3.8, 4) is 0 Å². The third kappa shape index (κ3) is 7.27. The summed E-state index contributed by atoms with van der Waals surface area (Å²) in [5.41, 5.74) is 3.15. The number of anilines is 1. The van der Waals surface area contributed by atoms with Gasteiger partial charge in [-0.2, -0.15) is 0 Å². The fourth-order valence-electron chi connectivity index (χ4n) is 4.62. The van der Waals surface area contributed by atoms with Crippen molar-refractivity contribution in [2.24, 2.45) is 5.92 Å². The summed E-state index contributed by atoms with van der Waals surface area (Å²) in [6, 6.07) is 6.20. The van der Waals surface area contributed by atoms with E-state index in [1.807, 2.05) is 17.9 Å². The lowest BCUT2D eigenvalue weighted by atomic mass is 9.99. The summed E-state index contributed by atoms with van der Waals surface area (Å²) in [5.74, 6) is 0.473. The highest BCUT2D eigenvalue weighted by atomic mass is 16.5. The topological polar surface area (TPSA) is 82.2 Å². The van der Waals surface area contributed by atoms with Gasteiger partial charge in [0.1, 0.15) is 6.61 Å². The van der Waals surface area contributed by atoms with Gasteiger partial charge in [-0.05, 0) is 42.5 Å². The van der Waals surface area contributed by atoms with Gasteiger partial charge in [-0.1, -0.05) is 20.8 Å². The Balaban J connectivity index is 1.31. The van der Waals surface area contributed by atoms with E-state index >= 15 is 0 Å². The number of likely N-dealkylation sites (tertiary alicyclic amines) is 1. The fourth-order valence-corrected chi connectivity index (χ4v) is 4.62. The molecule has 0 spiro atoms. The molecule has 8 nitrogen and oxygen atoms in total. The number of Topliss-reactive ketones (excluding diaryl/α,β-unsaturated/α-hetero) is 1. The molecule has 2 saturated heterocycles. The third-order valence-electron chi connectivity index (χ3n) is 6.83. The van der Waals surface area contributed by atoms with Gasteiger partial charge in [0, 0.05) is 63.5 Å². The molecule has 2 heterocycles. The normalized spacial score (nSPS) is 18.9. The van der Waals surface area contributed by atoms with Crippen molar-refractivity contribution in [1.29, 1.82) is 0 Å². The Labute approximate surface area is 203 Å². The molecule has 34 heavy (non-hydrogen) atoms. The molecule has 2 amide bonds. The second kappa shape index (κ2) is 12.9. The van der Waals surface area contributed by atoms with Crippen LogP contribution in [-0.4, -0.2) is 93.0 Å². The van der Waals surface area contributed by atoms with Crippen molar-refractivity contribution in [3.05, 3.63) is 29.3 Å². The molecule has 1 unspecified atom stereocenters. The van der Waals surface area contributed by atoms with Gasteiger partial charge in [0.25, 0.3) is 0 Å². The van der Waals surface area contributed by atoms with Crippen LogP contribution < -0.4 is 10.2 Å². The summed E-state index contributed by atoms with van der Waals surface area (Å²) in [7, 11) is 0. The van der Waals surface area contributed by atoms with Crippen LogP contribution in [0.4, 0.5) is 5.69 Å². The number of carbonyl (C=O) groups is 3. The molecule has 2 aliphatic rings. The molecular weight excluding hydrogens is 432 g/mol. The van der Waals surface area contributed by atoms with E-state index in [4.69, 9.17) is 4.74 Å². The molecule has 0 bridgehead atoms. The minimum atomic E-state index is -0.248. The molecule has 3 rings (SSSR count). The smallest absolute Gasteiger partial charge is 0.246 e. The van der Waals surface area contributed by atoms with E-state index < -0.39 is 0 Å². The van der Waals surface area contributed by atoms with E-state index in [0.717, 1.165) is 69.8 Å². The average molecular weight is 473 g/mol. The number of ether oxygens (including phenoxy) is 1. The van der Waals surface area contributed by atoms with E-state index in [-0.39, 0.29) is 30.7 Å². The molecule has 188 valence electrons. The van der Waals surface area contributed by atoms with E-state index in [1.54, 1.807) is 0 Å². The van der Waals surface area contributed by atoms with Crippen LogP contribution in [0.3, 0.4) is 0 Å². The Kier molecular flexibility index (Phi) is 9.89. The van der Waals surface area contributed by atoms with Gasteiger partial charge < -0.3 is 19.9 Å². The van der Waals surface area contributed by atoms with Gasteiger partial charge in [0.05, 0.1) is 13.2 Å². The van der Waals surface area contributed by atoms with Crippen molar-refractivity contribution in [1.82, 2.24) is 15.1 Å². The number of nitrogens with one attached hydrogen (secondary N) is 1. The first-order valence-corrected chi connectivity index (χ1v) is 12.7. The summed E-state index contributed by atoms with van der Waals surface area (Å²) in [5, 5.41) is 2.66. The molecule has 1 aromatic carbocycles. The van der Waals surface area contributed by atoms with Crippen LogP contribution in [-0.2, 0) is 20.7 Å². The maximum atomic E-state index is 12.1. The molecule has 1 aromatic rings. The lowest BCUT2D eigenvalue weighted by Gasteiger charge is -2.36. The van der Waals surface area contributed by atoms with E-state index in [2.05, 4.69) is 41.1 Å². The highest BCUT2D eigenvalue weighted by Gasteiger charge is 2.23. The van der Waals surface area contributed by atoms with Gasteiger partial charge in [-0.3, -0.25) is 19.3 Å². The molecule has 0 aromatic heterocycles. The summed E-state index contributed by atoms with van der Waals surface area (Å²) >= 11 is 0. The Morgan fingerprint density at radius 2 is 1.85 bits per heavy atom. The number of carbonyl (C=O) groups excluding carboxylic acids is 3. The highest BCUT2D eigenvalue weighted by Crippen LogP contribution is 2.23. The minimum absolute atomic E-state index is 0.0202. The third-order valence-corrected chi connectivity index (χ3v) is 6.83. The maximum absolute atomic E-state index is 12.1. The molecule has 1 N–H and O–H groups in total. The van der Waals surface area contributed by atoms with Crippen LogP contribution in [0, 0.1) is 5.92 Å². The monoisotopic (exact) mass is 472 g/mol. The molecule has 0 radical (unpaired) electrons. The van der Waals surface area contributed by atoms with Crippen molar-refractivity contribution in [2.75, 3.05) is 70.5 Å². The van der Waals surface area contributed by atoms with Crippen molar-refractivity contribution in [3.63, 3.8) is 0 Å². The first-order valence-electron chi connectivity index (χ1n) is 12.7. The van der Waals surface area contributed by atoms with Crippen LogP contribution in [0.2, 0.25) is 0 Å². The molecule has 1 atom stereocenters. The first kappa shape index (κ1) is 26.2. The number of amides is 2. The Bertz CT molecular complexity index is 851. The van der Waals surface area contributed by atoms with Crippen molar-refractivity contribution < 1.29 is 19.1 Å². The van der Waals surface area contributed by atoms with Crippen LogP contribution in [0.5, 0.6) is 0 Å². The van der Waals surface area contributed by atoms with Crippen molar-refractivity contribution >= 4 is 23.3 Å². The number of benzene rings is 1. The number of hydrogen-bond donors (Lipinski definition) is 1. The van der Waals surface area contributed by atoms with Gasteiger partial charge in [-0.15, -0.1) is 0 Å². The predicted molar refractivity (Wildman–Crippen MR) is 133 cm³/mol. The molecule has 8 heteroatoms. The zero-order valence-corrected chi connectivity index (χ0v) is 21.0. The molecule has 2 aliphatic heterocycles. The maximum Gasteiger partial charge on any atom is 0.246 e. The summed E-state index contributed by atoms with van der Waals surface area (Å²) < 4.78 is 5.54. The van der Waals surface area contributed by atoms with Gasteiger partial charge >= 0.3 is 0 Å². The predicted octanol–water partition coefficient (Wildman–Crippen LogP) is 1.96. The first-order chi connectivity index (χ1) is 16.4.